The van der Waals surface area contributed by atoms with E-state index in [-0.39, 0.29) is 55.9 Å². The molecule has 0 aromatic heterocycles. The van der Waals surface area contributed by atoms with Crippen LogP contribution in [0.1, 0.15) is 25.7 Å². The molecule has 1 aliphatic heterocycles. The largest absolute Gasteiger partial charge is 0.358 e. The van der Waals surface area contributed by atoms with Gasteiger partial charge in [-0.05, 0) is 0 Å². The summed E-state index contributed by atoms with van der Waals surface area (Å²) >= 11 is 0. The number of hydrogen-bond acceptors (Lipinski definition) is 0. The molecule has 1 radical (unpaired) electrons. The molecule has 2 aliphatic carbocycles. The molecule has 115 valence electrons. The molecule has 20 heavy (non-hydrogen) atoms. The Labute approximate surface area is 150 Å². The van der Waals surface area contributed by atoms with Gasteiger partial charge in [0.1, 0.15) is 0 Å². The minimum absolute atomic E-state index is 0. The first kappa shape index (κ1) is 28.3. The molecule has 0 unspecified atom stereocenters. The second-order valence-electron chi connectivity index (χ2n) is 4.09. The molecule has 1 heterocycles. The first-order valence-corrected chi connectivity index (χ1v) is 7.55. The average molecular weight is 366 g/mol. The van der Waals surface area contributed by atoms with E-state index in [2.05, 4.69) is 36.5 Å². The molecule has 3 aliphatic rings. The van der Waals surface area contributed by atoms with Gasteiger partial charge in [-0.25, -0.2) is 0 Å². The number of hydrogen-bond donors (Lipinski definition) is 0. The van der Waals surface area contributed by atoms with Crippen LogP contribution in [0, 0.1) is 35.8 Å². The maximum absolute atomic E-state index is 3.30. The molecule has 0 nitrogen and oxygen atoms in total. The SMILES string of the molecule is C1CC[SiH]C1.[C-]1=C(C2=CC=CC2)C=CC1.[CH3-].[CH3-].[CH3-].[CH3-].[Zr]. The summed E-state index contributed by atoms with van der Waals surface area (Å²) in [5.74, 6) is 0. The quantitative estimate of drug-likeness (QED) is 0.430. The summed E-state index contributed by atoms with van der Waals surface area (Å²) in [6, 6.07) is 3.17. The molecule has 0 atom stereocenters. The van der Waals surface area contributed by atoms with E-state index in [1.807, 2.05) is 0 Å². The summed E-state index contributed by atoms with van der Waals surface area (Å²) in [4.78, 5) is 0. The fraction of sp³-hybridized carbons (Fsp3) is 0.333. The molecule has 0 aromatic carbocycles. The van der Waals surface area contributed by atoms with E-state index in [1.165, 1.54) is 24.0 Å². The molecule has 0 bridgehead atoms. The molecule has 0 aromatic rings. The van der Waals surface area contributed by atoms with Crippen LogP contribution in [-0.4, -0.2) is 9.52 Å². The second-order valence-corrected chi connectivity index (χ2v) is 5.83. The van der Waals surface area contributed by atoms with Gasteiger partial charge in [0, 0.05) is 35.7 Å². The zero-order valence-electron chi connectivity index (χ0n) is 13.7. The van der Waals surface area contributed by atoms with Gasteiger partial charge in [0.2, 0.25) is 0 Å². The Hall–Kier alpha value is 0.0600. The van der Waals surface area contributed by atoms with Gasteiger partial charge in [0.05, 0.1) is 0 Å². The molecule has 1 saturated heterocycles. The van der Waals surface area contributed by atoms with E-state index >= 15 is 0 Å². The third-order valence-corrected chi connectivity index (χ3v) is 4.51. The summed E-state index contributed by atoms with van der Waals surface area (Å²) in [7, 11) is 0.926. The Morgan fingerprint density at radius 3 is 1.95 bits per heavy atom. The predicted molar refractivity (Wildman–Crippen MR) is 94.0 cm³/mol. The van der Waals surface area contributed by atoms with Crippen molar-refractivity contribution in [2.75, 3.05) is 0 Å². The molecule has 0 saturated carbocycles. The zero-order chi connectivity index (χ0) is 10.3. The van der Waals surface area contributed by atoms with Gasteiger partial charge in [-0.2, -0.15) is 17.7 Å². The Morgan fingerprint density at radius 1 is 0.950 bits per heavy atom. The standard InChI is InChI=1S/C10H9.C4H9Si.4CH3.Zr/c1-2-6-9(5-1)10-7-3-4-8-10;1-2-4-5-3-1;;;;;/h1-3,5,7H,4,6H2;5H,1-4H2;4*1H3;/q-1;;4*-1;. The topological polar surface area (TPSA) is 0 Å². The molecular weight excluding hydrogens is 336 g/mol. The van der Waals surface area contributed by atoms with Crippen LogP contribution in [0.25, 0.3) is 0 Å². The Morgan fingerprint density at radius 2 is 1.60 bits per heavy atom. The smallest absolute Gasteiger partial charge is 0.0280 e. The van der Waals surface area contributed by atoms with Crippen LogP contribution >= 0.6 is 0 Å². The third kappa shape index (κ3) is 9.88. The molecular formula is C18H30SiZr-5. The molecule has 3 rings (SSSR count). The van der Waals surface area contributed by atoms with Crippen molar-refractivity contribution in [2.45, 2.75) is 37.8 Å². The van der Waals surface area contributed by atoms with Gasteiger partial charge in [0.15, 0.2) is 0 Å². The van der Waals surface area contributed by atoms with Crippen molar-refractivity contribution in [2.24, 2.45) is 0 Å². The van der Waals surface area contributed by atoms with Crippen molar-refractivity contribution in [1.82, 2.24) is 0 Å². The van der Waals surface area contributed by atoms with E-state index in [0.29, 0.717) is 0 Å². The van der Waals surface area contributed by atoms with E-state index in [9.17, 15) is 0 Å². The van der Waals surface area contributed by atoms with Crippen LogP contribution in [0.3, 0.4) is 0 Å². The van der Waals surface area contributed by atoms with E-state index < -0.39 is 0 Å². The van der Waals surface area contributed by atoms with Crippen molar-refractivity contribution in [1.29, 1.82) is 0 Å². The van der Waals surface area contributed by atoms with Gasteiger partial charge in [-0.3, -0.25) is 0 Å². The van der Waals surface area contributed by atoms with Crippen molar-refractivity contribution in [3.8, 4) is 0 Å². The van der Waals surface area contributed by atoms with Crippen LogP contribution in [0.5, 0.6) is 0 Å². The minimum atomic E-state index is 0. The molecule has 0 amide bonds. The van der Waals surface area contributed by atoms with Crippen LogP contribution < -0.4 is 0 Å². The van der Waals surface area contributed by atoms with Crippen molar-refractivity contribution in [3.05, 3.63) is 77.3 Å². The van der Waals surface area contributed by atoms with Gasteiger partial charge in [-0.15, -0.1) is 17.7 Å². The molecule has 2 heteroatoms. The Bertz CT molecular complexity index is 313. The zero-order valence-corrected chi connectivity index (χ0v) is 17.3. The van der Waals surface area contributed by atoms with Crippen molar-refractivity contribution in [3.63, 3.8) is 0 Å². The Kier molecular flexibility index (Phi) is 24.2. The van der Waals surface area contributed by atoms with Gasteiger partial charge < -0.3 is 29.7 Å². The summed E-state index contributed by atoms with van der Waals surface area (Å²) in [5, 5.41) is 0. The maximum Gasteiger partial charge on any atom is 0.0280 e. The fourth-order valence-electron chi connectivity index (χ4n) is 1.99. The van der Waals surface area contributed by atoms with Crippen LogP contribution in [0.2, 0.25) is 12.1 Å². The number of allylic oxidation sites excluding steroid dienone is 8. The Balaban J connectivity index is -0.000000115. The van der Waals surface area contributed by atoms with E-state index in [0.717, 1.165) is 22.4 Å². The maximum atomic E-state index is 3.30. The molecule has 1 fully saturated rings. The van der Waals surface area contributed by atoms with Crippen LogP contribution in [0.15, 0.2) is 41.5 Å². The third-order valence-electron chi connectivity index (χ3n) is 2.88. The van der Waals surface area contributed by atoms with E-state index in [1.54, 1.807) is 12.1 Å². The normalized spacial score (nSPS) is 16.8. The summed E-state index contributed by atoms with van der Waals surface area (Å²) in [6.07, 6.45) is 19.2. The van der Waals surface area contributed by atoms with Crippen molar-refractivity contribution >= 4 is 9.52 Å². The molecule has 0 N–H and O–H groups in total. The monoisotopic (exact) mass is 364 g/mol. The number of rotatable bonds is 1. The first-order valence-electron chi connectivity index (χ1n) is 5.92. The van der Waals surface area contributed by atoms with E-state index in [4.69, 9.17) is 0 Å². The average Bonchev–Trinajstić information content (AvgIpc) is 3.06. The molecule has 0 spiro atoms. The predicted octanol–water partition coefficient (Wildman–Crippen LogP) is 5.41. The van der Waals surface area contributed by atoms with Crippen molar-refractivity contribution < 1.29 is 26.2 Å². The summed E-state index contributed by atoms with van der Waals surface area (Å²) < 4.78 is 0. The summed E-state index contributed by atoms with van der Waals surface area (Å²) in [6.45, 7) is 0. The van der Waals surface area contributed by atoms with Gasteiger partial charge in [-0.1, -0.05) is 49.9 Å². The van der Waals surface area contributed by atoms with Crippen LogP contribution in [0.4, 0.5) is 0 Å². The van der Waals surface area contributed by atoms with Crippen LogP contribution in [-0.2, 0) is 26.2 Å². The minimum Gasteiger partial charge on any atom is -0.358 e. The fourth-order valence-corrected chi connectivity index (χ4v) is 3.44. The van der Waals surface area contributed by atoms with Gasteiger partial charge >= 0.3 is 0 Å². The van der Waals surface area contributed by atoms with Gasteiger partial charge in [0.25, 0.3) is 0 Å². The summed E-state index contributed by atoms with van der Waals surface area (Å²) in [5.41, 5.74) is 2.71. The second kappa shape index (κ2) is 17.1. The first-order chi connectivity index (χ1) is 7.47.